The zero-order valence-corrected chi connectivity index (χ0v) is 25.4. The molecule has 0 fully saturated rings. The highest BCUT2D eigenvalue weighted by Crippen LogP contribution is 2.43. The molecule has 1 aliphatic heterocycles. The third-order valence-electron chi connectivity index (χ3n) is 6.71. The third-order valence-corrected chi connectivity index (χ3v) is 7.94. The predicted molar refractivity (Wildman–Crippen MR) is 166 cm³/mol. The van der Waals surface area contributed by atoms with Gasteiger partial charge in [0, 0.05) is 38.3 Å². The van der Waals surface area contributed by atoms with Gasteiger partial charge in [0.05, 0.1) is 12.6 Å². The lowest BCUT2D eigenvalue weighted by molar-refractivity contribution is 0.0479. The van der Waals surface area contributed by atoms with Gasteiger partial charge in [-0.2, -0.15) is 0 Å². The number of aryl methyl sites for hydroxylation is 1. The van der Waals surface area contributed by atoms with Crippen LogP contribution in [0, 0.1) is 6.92 Å². The highest BCUT2D eigenvalue weighted by molar-refractivity contribution is 7.13. The summed E-state index contributed by atoms with van der Waals surface area (Å²) >= 11 is 7.29. The number of benzene rings is 3. The van der Waals surface area contributed by atoms with E-state index in [0.717, 1.165) is 38.4 Å². The number of hydrogen-bond acceptors (Lipinski definition) is 8. The Hall–Kier alpha value is -4.27. The van der Waals surface area contributed by atoms with Crippen LogP contribution in [0.15, 0.2) is 72.8 Å². The second kappa shape index (κ2) is 11.9. The highest BCUT2D eigenvalue weighted by Gasteiger charge is 2.27. The Bertz CT molecular complexity index is 1690. The van der Waals surface area contributed by atoms with Crippen molar-refractivity contribution < 1.29 is 28.5 Å². The van der Waals surface area contributed by atoms with Crippen LogP contribution < -0.4 is 19.5 Å². The normalized spacial score (nSPS) is 13.3. The minimum atomic E-state index is -0.897. The van der Waals surface area contributed by atoms with Crippen LogP contribution in [0.4, 0.5) is 10.5 Å². The van der Waals surface area contributed by atoms with E-state index in [9.17, 15) is 9.59 Å². The van der Waals surface area contributed by atoms with Crippen LogP contribution in [0.25, 0.3) is 16.7 Å². The Kier molecular flexibility index (Phi) is 8.29. The van der Waals surface area contributed by atoms with Gasteiger partial charge in [-0.25, -0.2) is 9.59 Å². The van der Waals surface area contributed by atoms with E-state index in [-0.39, 0.29) is 23.9 Å². The van der Waals surface area contributed by atoms with Gasteiger partial charge in [0.25, 0.3) is 0 Å². The number of halogens is 1. The quantitative estimate of drug-likeness (QED) is 0.167. The molecule has 4 aromatic rings. The molecule has 0 spiro atoms. The number of rotatable bonds is 7. The number of allylic oxidation sites excluding steroid dienone is 1. The first-order valence-corrected chi connectivity index (χ1v) is 14.4. The smallest absolute Gasteiger partial charge is 0.496 e. The Labute approximate surface area is 253 Å². The minimum Gasteiger partial charge on any atom is -0.496 e. The van der Waals surface area contributed by atoms with Crippen molar-refractivity contribution in [3.63, 3.8) is 0 Å². The lowest BCUT2D eigenvalue weighted by Crippen LogP contribution is -2.32. The summed E-state index contributed by atoms with van der Waals surface area (Å²) in [6.45, 7) is 8.26. The van der Waals surface area contributed by atoms with Gasteiger partial charge in [-0.3, -0.25) is 0 Å². The van der Waals surface area contributed by atoms with Crippen LogP contribution >= 0.6 is 22.9 Å². The van der Waals surface area contributed by atoms with Gasteiger partial charge in [-0.1, -0.05) is 23.7 Å². The molecular weight excluding hydrogens is 574 g/mol. The molecule has 0 unspecified atom stereocenters. The topological polar surface area (TPSA) is 83.1 Å². The van der Waals surface area contributed by atoms with Gasteiger partial charge in [-0.05, 0) is 93.4 Å². The molecule has 216 valence electrons. The lowest BCUT2D eigenvalue weighted by Gasteiger charge is -2.33. The van der Waals surface area contributed by atoms with Crippen molar-refractivity contribution in [1.82, 2.24) is 0 Å². The summed E-state index contributed by atoms with van der Waals surface area (Å²) in [6, 6.07) is 19.1. The first-order valence-electron chi connectivity index (χ1n) is 13.2. The van der Waals surface area contributed by atoms with Crippen LogP contribution in [-0.4, -0.2) is 24.8 Å². The predicted octanol–water partition coefficient (Wildman–Crippen LogP) is 8.93. The second-order valence-corrected chi connectivity index (χ2v) is 12.2. The fourth-order valence-corrected chi connectivity index (χ4v) is 5.92. The molecule has 5 rings (SSSR count). The summed E-state index contributed by atoms with van der Waals surface area (Å²) < 4.78 is 22.2. The Morgan fingerprint density at radius 3 is 2.29 bits per heavy atom. The molecule has 1 aliphatic rings. The largest absolute Gasteiger partial charge is 0.519 e. The van der Waals surface area contributed by atoms with Gasteiger partial charge in [0.15, 0.2) is 0 Å². The number of esters is 1. The van der Waals surface area contributed by atoms with Crippen LogP contribution in [-0.2, 0) is 11.3 Å². The van der Waals surface area contributed by atoms with E-state index in [1.54, 1.807) is 55.6 Å². The summed E-state index contributed by atoms with van der Waals surface area (Å²) in [5.74, 6) is 0.642. The summed E-state index contributed by atoms with van der Waals surface area (Å²) in [5.41, 5.74) is 5.15. The van der Waals surface area contributed by atoms with Crippen molar-refractivity contribution >= 4 is 46.3 Å². The molecule has 0 amide bonds. The first kappa shape index (κ1) is 29.2. The SMILES string of the molecule is COc1cc(OC(=O)Oc2ccc(Cl)cc2)ccc1-c1ccc2c(c1COC(=O)c1ccc(C)s1)C(C)=CC(C)(C)N2. The van der Waals surface area contributed by atoms with Crippen molar-refractivity contribution in [3.05, 3.63) is 98.7 Å². The molecule has 9 heteroatoms. The molecule has 0 atom stereocenters. The highest BCUT2D eigenvalue weighted by atomic mass is 35.5. The van der Waals surface area contributed by atoms with Crippen LogP contribution in [0.5, 0.6) is 17.2 Å². The van der Waals surface area contributed by atoms with Crippen molar-refractivity contribution in [1.29, 1.82) is 0 Å². The number of thiophene rings is 1. The minimum absolute atomic E-state index is 0.0520. The Morgan fingerprint density at radius 1 is 0.905 bits per heavy atom. The number of fused-ring (bicyclic) bond motifs is 1. The maximum atomic E-state index is 12.9. The lowest BCUT2D eigenvalue weighted by atomic mass is 9.85. The molecule has 0 aliphatic carbocycles. The molecule has 0 saturated carbocycles. The number of hydrogen-bond donors (Lipinski definition) is 1. The number of nitrogens with one attached hydrogen (secondary N) is 1. The summed E-state index contributed by atoms with van der Waals surface area (Å²) in [4.78, 5) is 26.9. The van der Waals surface area contributed by atoms with Crippen LogP contribution in [0.2, 0.25) is 5.02 Å². The summed E-state index contributed by atoms with van der Waals surface area (Å²) in [5, 5.41) is 4.09. The van der Waals surface area contributed by atoms with Gasteiger partial charge < -0.3 is 24.3 Å². The Morgan fingerprint density at radius 2 is 1.60 bits per heavy atom. The fraction of sp³-hybridized carbons (Fsp3) is 0.212. The van der Waals surface area contributed by atoms with Crippen molar-refractivity contribution in [2.75, 3.05) is 12.4 Å². The number of methoxy groups -OCH3 is 1. The Balaban J connectivity index is 1.48. The first-order chi connectivity index (χ1) is 20.0. The number of anilines is 1. The van der Waals surface area contributed by atoms with E-state index >= 15 is 0 Å². The third kappa shape index (κ3) is 6.45. The van der Waals surface area contributed by atoms with Gasteiger partial charge in [0.1, 0.15) is 28.7 Å². The molecule has 0 saturated heterocycles. The summed E-state index contributed by atoms with van der Waals surface area (Å²) in [7, 11) is 1.54. The van der Waals surface area contributed by atoms with E-state index in [1.165, 1.54) is 11.3 Å². The second-order valence-electron chi connectivity index (χ2n) is 10.4. The molecule has 1 aromatic heterocycles. The maximum absolute atomic E-state index is 12.9. The van der Waals surface area contributed by atoms with Crippen LogP contribution in [0.3, 0.4) is 0 Å². The van der Waals surface area contributed by atoms with E-state index in [0.29, 0.717) is 21.4 Å². The molecule has 1 N–H and O–H groups in total. The number of carbonyl (C=O) groups is 2. The molecule has 2 heterocycles. The van der Waals surface area contributed by atoms with Crippen molar-refractivity contribution in [3.8, 4) is 28.4 Å². The van der Waals surface area contributed by atoms with Gasteiger partial charge in [0.2, 0.25) is 0 Å². The average molecular weight is 604 g/mol. The molecule has 0 bridgehead atoms. The van der Waals surface area contributed by atoms with Crippen molar-refractivity contribution in [2.45, 2.75) is 39.8 Å². The fourth-order valence-electron chi connectivity index (χ4n) is 5.03. The molecule has 3 aromatic carbocycles. The van der Waals surface area contributed by atoms with E-state index in [2.05, 4.69) is 32.2 Å². The zero-order chi connectivity index (χ0) is 30.0. The number of ether oxygens (including phenoxy) is 4. The van der Waals surface area contributed by atoms with E-state index in [1.807, 2.05) is 25.1 Å². The standard InChI is InChI=1S/C33H30ClNO6S/c1-19-17-33(3,4)35-27-14-13-24(26(30(19)27)18-39-31(36)29-15-6-20(2)42-29)25-12-11-23(16-28(25)38-5)41-32(37)40-22-9-7-21(34)8-10-22/h6-17,35H,18H2,1-5H3. The van der Waals surface area contributed by atoms with E-state index < -0.39 is 6.16 Å². The molecule has 0 radical (unpaired) electrons. The van der Waals surface area contributed by atoms with E-state index in [4.69, 9.17) is 30.5 Å². The van der Waals surface area contributed by atoms with Gasteiger partial charge >= 0.3 is 12.1 Å². The van der Waals surface area contributed by atoms with Crippen LogP contribution in [0.1, 0.15) is 46.4 Å². The van der Waals surface area contributed by atoms with Gasteiger partial charge in [-0.15, -0.1) is 11.3 Å². The molecule has 7 nitrogen and oxygen atoms in total. The maximum Gasteiger partial charge on any atom is 0.519 e. The average Bonchev–Trinajstić information content (AvgIpc) is 3.38. The monoisotopic (exact) mass is 603 g/mol. The summed E-state index contributed by atoms with van der Waals surface area (Å²) in [6.07, 6.45) is 1.26. The molecule has 42 heavy (non-hydrogen) atoms. The molecular formula is C33H30ClNO6S. The van der Waals surface area contributed by atoms with Crippen molar-refractivity contribution in [2.24, 2.45) is 0 Å². The zero-order valence-electron chi connectivity index (χ0n) is 23.9. The number of carbonyl (C=O) groups excluding carboxylic acids is 2.